The smallest absolute Gasteiger partial charge is 0.340 e. The quantitative estimate of drug-likeness (QED) is 0.759. The maximum atomic E-state index is 13.8. The van der Waals surface area contributed by atoms with Crippen LogP contribution in [-0.2, 0) is 4.74 Å². The normalized spacial score (nSPS) is 10.6. The van der Waals surface area contributed by atoms with Gasteiger partial charge in [-0.1, -0.05) is 6.07 Å². The monoisotopic (exact) mass is 297 g/mol. The molecule has 0 spiro atoms. The lowest BCUT2D eigenvalue weighted by Crippen LogP contribution is -2.04. The van der Waals surface area contributed by atoms with Gasteiger partial charge >= 0.3 is 5.97 Å². The van der Waals surface area contributed by atoms with E-state index >= 15 is 0 Å². The molecule has 88 valence electrons. The molecule has 0 saturated heterocycles. The molecule has 0 bridgehead atoms. The van der Waals surface area contributed by atoms with Crippen molar-refractivity contribution in [2.75, 3.05) is 7.11 Å². The molecule has 0 aliphatic heterocycles. The second-order valence-corrected chi connectivity index (χ2v) is 4.36. The number of carbonyl (C=O) groups excluding carboxylic acids is 1. The minimum atomic E-state index is -0.549. The Kier molecular flexibility index (Phi) is 3.11. The lowest BCUT2D eigenvalue weighted by Gasteiger charge is -2.08. The summed E-state index contributed by atoms with van der Waals surface area (Å²) in [5, 5.41) is 0.299. The molecule has 17 heavy (non-hydrogen) atoms. The van der Waals surface area contributed by atoms with E-state index < -0.39 is 11.8 Å². The van der Waals surface area contributed by atoms with Gasteiger partial charge in [0, 0.05) is 10.7 Å². The number of hydrogen-bond donors (Lipinski definition) is 0. The maximum absolute atomic E-state index is 13.8. The van der Waals surface area contributed by atoms with E-state index in [1.807, 2.05) is 6.92 Å². The number of nitrogens with zero attached hydrogens (tertiary/aromatic N) is 1. The average Bonchev–Trinajstić information content (AvgIpc) is 2.33. The fraction of sp³-hybridized carbons (Fsp3) is 0.167. The number of aromatic nitrogens is 1. The Hall–Kier alpha value is -1.49. The number of carbonyl (C=O) groups is 1. The van der Waals surface area contributed by atoms with E-state index in [-0.39, 0.29) is 5.56 Å². The highest BCUT2D eigenvalue weighted by molar-refractivity contribution is 9.10. The topological polar surface area (TPSA) is 39.2 Å². The van der Waals surface area contributed by atoms with Gasteiger partial charge < -0.3 is 4.74 Å². The maximum Gasteiger partial charge on any atom is 0.340 e. The van der Waals surface area contributed by atoms with Crippen molar-refractivity contribution in [1.82, 2.24) is 4.98 Å². The van der Waals surface area contributed by atoms with Crippen molar-refractivity contribution >= 4 is 32.8 Å². The fourth-order valence-electron chi connectivity index (χ4n) is 1.62. The van der Waals surface area contributed by atoms with Crippen molar-refractivity contribution in [1.29, 1.82) is 0 Å². The van der Waals surface area contributed by atoms with E-state index in [9.17, 15) is 9.18 Å². The molecule has 0 radical (unpaired) electrons. The fourth-order valence-corrected chi connectivity index (χ4v) is 2.26. The molecule has 0 aliphatic carbocycles. The van der Waals surface area contributed by atoms with Gasteiger partial charge in [-0.2, -0.15) is 0 Å². The lowest BCUT2D eigenvalue weighted by atomic mass is 10.1. The number of fused-ring (bicyclic) bond motifs is 1. The molecule has 1 aromatic carbocycles. The Labute approximate surface area is 106 Å². The highest BCUT2D eigenvalue weighted by Gasteiger charge is 2.17. The molecule has 0 fully saturated rings. The van der Waals surface area contributed by atoms with Crippen LogP contribution in [0.25, 0.3) is 10.9 Å². The van der Waals surface area contributed by atoms with Gasteiger partial charge in [-0.15, -0.1) is 0 Å². The van der Waals surface area contributed by atoms with Crippen molar-refractivity contribution < 1.29 is 13.9 Å². The number of hydrogen-bond acceptors (Lipinski definition) is 3. The highest BCUT2D eigenvalue weighted by atomic mass is 79.9. The number of esters is 1. The molecule has 0 amide bonds. The second-order valence-electron chi connectivity index (χ2n) is 3.57. The first-order valence-electron chi connectivity index (χ1n) is 4.88. The summed E-state index contributed by atoms with van der Waals surface area (Å²) < 4.78 is 18.7. The SMILES string of the molecule is COC(=O)c1cnc2c(C)ccc(F)c2c1Br. The van der Waals surface area contributed by atoms with Gasteiger partial charge in [-0.25, -0.2) is 9.18 Å². The number of pyridine rings is 1. The third-order valence-corrected chi connectivity index (χ3v) is 3.34. The van der Waals surface area contributed by atoms with Gasteiger partial charge in [0.25, 0.3) is 0 Å². The van der Waals surface area contributed by atoms with Crippen molar-refractivity contribution in [3.8, 4) is 0 Å². The molecule has 0 atom stereocenters. The molecule has 3 nitrogen and oxygen atoms in total. The minimum Gasteiger partial charge on any atom is -0.465 e. The van der Waals surface area contributed by atoms with Gasteiger partial charge in [-0.05, 0) is 34.5 Å². The molecule has 2 rings (SSSR count). The zero-order valence-electron chi connectivity index (χ0n) is 9.25. The zero-order valence-corrected chi connectivity index (χ0v) is 10.8. The average molecular weight is 298 g/mol. The number of ether oxygens (including phenoxy) is 1. The number of methoxy groups -OCH3 is 1. The third kappa shape index (κ3) is 1.91. The summed E-state index contributed by atoms with van der Waals surface area (Å²) in [4.78, 5) is 15.6. The molecule has 5 heteroatoms. The molecule has 1 heterocycles. The Bertz CT molecular complexity index is 613. The first-order valence-corrected chi connectivity index (χ1v) is 5.67. The van der Waals surface area contributed by atoms with Gasteiger partial charge in [0.2, 0.25) is 0 Å². The first-order chi connectivity index (χ1) is 8.06. The molecule has 0 unspecified atom stereocenters. The minimum absolute atomic E-state index is 0.212. The zero-order chi connectivity index (χ0) is 12.6. The second kappa shape index (κ2) is 4.41. The largest absolute Gasteiger partial charge is 0.465 e. The van der Waals surface area contributed by atoms with E-state index in [0.717, 1.165) is 5.56 Å². The molecule has 0 N–H and O–H groups in total. The molecular weight excluding hydrogens is 289 g/mol. The van der Waals surface area contributed by atoms with Crippen LogP contribution in [0.15, 0.2) is 22.8 Å². The summed E-state index contributed by atoms with van der Waals surface area (Å²) in [6, 6.07) is 3.00. The third-order valence-electron chi connectivity index (χ3n) is 2.51. The van der Waals surface area contributed by atoms with Gasteiger partial charge in [0.1, 0.15) is 5.82 Å². The molecule has 2 aromatic rings. The van der Waals surface area contributed by atoms with Crippen molar-refractivity contribution in [3.63, 3.8) is 0 Å². The van der Waals surface area contributed by atoms with Crippen LogP contribution in [-0.4, -0.2) is 18.1 Å². The van der Waals surface area contributed by atoms with Crippen LogP contribution in [0, 0.1) is 12.7 Å². The van der Waals surface area contributed by atoms with Gasteiger partial charge in [-0.3, -0.25) is 4.98 Å². The van der Waals surface area contributed by atoms with Crippen LogP contribution < -0.4 is 0 Å². The van der Waals surface area contributed by atoms with Crippen molar-refractivity contribution in [2.24, 2.45) is 0 Å². The Morgan fingerprint density at radius 2 is 2.18 bits per heavy atom. The number of aryl methyl sites for hydroxylation is 1. The van der Waals surface area contributed by atoms with Crippen LogP contribution in [0.2, 0.25) is 0 Å². The van der Waals surface area contributed by atoms with Crippen molar-refractivity contribution in [3.05, 3.63) is 39.7 Å². The molecule has 1 aromatic heterocycles. The summed E-state index contributed by atoms with van der Waals surface area (Å²) in [6.07, 6.45) is 1.38. The Morgan fingerprint density at radius 3 is 2.82 bits per heavy atom. The Morgan fingerprint density at radius 1 is 1.47 bits per heavy atom. The lowest BCUT2D eigenvalue weighted by molar-refractivity contribution is 0.0599. The first kappa shape index (κ1) is 12.0. The van der Waals surface area contributed by atoms with Crippen LogP contribution >= 0.6 is 15.9 Å². The van der Waals surface area contributed by atoms with Crippen molar-refractivity contribution in [2.45, 2.75) is 6.92 Å². The predicted molar refractivity (Wildman–Crippen MR) is 65.5 cm³/mol. The van der Waals surface area contributed by atoms with E-state index in [0.29, 0.717) is 15.4 Å². The predicted octanol–water partition coefficient (Wildman–Crippen LogP) is 3.23. The summed E-state index contributed by atoms with van der Waals surface area (Å²) >= 11 is 3.23. The molecule has 0 aliphatic rings. The Balaban J connectivity index is 2.84. The van der Waals surface area contributed by atoms with Crippen LogP contribution in [0.5, 0.6) is 0 Å². The van der Waals surface area contributed by atoms with E-state index in [2.05, 4.69) is 25.7 Å². The number of halogens is 2. The van der Waals surface area contributed by atoms with Crippen LogP contribution in [0.1, 0.15) is 15.9 Å². The van der Waals surface area contributed by atoms with Gasteiger partial charge in [0.05, 0.1) is 23.6 Å². The van der Waals surface area contributed by atoms with E-state index in [4.69, 9.17) is 0 Å². The molecule has 0 saturated carbocycles. The summed E-state index contributed by atoms with van der Waals surface area (Å²) in [5.74, 6) is -0.970. The van der Waals surface area contributed by atoms with Crippen LogP contribution in [0.3, 0.4) is 0 Å². The highest BCUT2D eigenvalue weighted by Crippen LogP contribution is 2.30. The van der Waals surface area contributed by atoms with E-state index in [1.165, 1.54) is 19.4 Å². The summed E-state index contributed by atoms with van der Waals surface area (Å²) in [5.41, 5.74) is 1.59. The van der Waals surface area contributed by atoms with E-state index in [1.54, 1.807) is 6.07 Å². The molecular formula is C12H9BrFNO2. The standard InChI is InChI=1S/C12H9BrFNO2/c1-6-3-4-8(14)9-10(13)7(12(16)17-2)5-15-11(6)9/h3-5H,1-2H3. The summed E-state index contributed by atoms with van der Waals surface area (Å²) in [7, 11) is 1.27. The summed E-state index contributed by atoms with van der Waals surface area (Å²) in [6.45, 7) is 1.83. The number of rotatable bonds is 1. The number of benzene rings is 1. The van der Waals surface area contributed by atoms with Gasteiger partial charge in [0.15, 0.2) is 0 Å². The van der Waals surface area contributed by atoms with Crippen LogP contribution in [0.4, 0.5) is 4.39 Å².